The number of hydrogen-bond acceptors (Lipinski definition) is 6. The minimum Gasteiger partial charge on any atom is -0.493 e. The summed E-state index contributed by atoms with van der Waals surface area (Å²) in [6.45, 7) is 2.08. The number of carbonyl (C=O) groups is 2. The third-order valence-corrected chi connectivity index (χ3v) is 4.55. The van der Waals surface area contributed by atoms with Crippen molar-refractivity contribution < 1.29 is 28.5 Å². The van der Waals surface area contributed by atoms with Gasteiger partial charge in [0.1, 0.15) is 18.9 Å². The molecular weight excluding hydrogens is 362 g/mol. The van der Waals surface area contributed by atoms with E-state index in [0.717, 1.165) is 11.1 Å². The second kappa shape index (κ2) is 8.65. The largest absolute Gasteiger partial charge is 0.493 e. The summed E-state index contributed by atoms with van der Waals surface area (Å²) in [6, 6.07) is 10.8. The van der Waals surface area contributed by atoms with Crippen LogP contribution < -0.4 is 19.1 Å². The lowest BCUT2D eigenvalue weighted by atomic mass is 10.1. The summed E-state index contributed by atoms with van der Waals surface area (Å²) in [4.78, 5) is 26.2. The number of nitrogens with zero attached hydrogens (tertiary/aromatic N) is 1. The van der Waals surface area contributed by atoms with Crippen LogP contribution in [0.15, 0.2) is 36.4 Å². The van der Waals surface area contributed by atoms with Crippen molar-refractivity contribution in [3.8, 4) is 17.2 Å². The number of fused-ring (bicyclic) bond motifs is 1. The van der Waals surface area contributed by atoms with Gasteiger partial charge < -0.3 is 18.9 Å². The standard InChI is InChI=1S/C21H23NO6/c1-14-10-18(25-2)19(26-3)11-15(14)13-28-21(24)12-22-16-6-4-5-7-17(16)27-9-8-20(22)23/h4-7,10-11H,8-9,12-13H2,1-3H3. The molecule has 1 aliphatic rings. The molecule has 28 heavy (non-hydrogen) atoms. The third-order valence-electron chi connectivity index (χ3n) is 4.55. The van der Waals surface area contributed by atoms with Gasteiger partial charge >= 0.3 is 5.97 Å². The lowest BCUT2D eigenvalue weighted by Gasteiger charge is -2.21. The van der Waals surface area contributed by atoms with Gasteiger partial charge in [0, 0.05) is 0 Å². The van der Waals surface area contributed by atoms with Gasteiger partial charge in [-0.3, -0.25) is 14.5 Å². The van der Waals surface area contributed by atoms with E-state index in [1.807, 2.05) is 19.1 Å². The number of aryl methyl sites for hydroxylation is 1. The Morgan fingerprint density at radius 1 is 1.14 bits per heavy atom. The zero-order chi connectivity index (χ0) is 20.1. The van der Waals surface area contributed by atoms with Gasteiger partial charge in [0.15, 0.2) is 11.5 Å². The van der Waals surface area contributed by atoms with Crippen LogP contribution >= 0.6 is 0 Å². The van der Waals surface area contributed by atoms with E-state index in [1.165, 1.54) is 4.90 Å². The highest BCUT2D eigenvalue weighted by atomic mass is 16.5. The number of hydrogen-bond donors (Lipinski definition) is 0. The van der Waals surface area contributed by atoms with Crippen molar-refractivity contribution in [3.63, 3.8) is 0 Å². The lowest BCUT2D eigenvalue weighted by molar-refractivity contribution is -0.144. The van der Waals surface area contributed by atoms with Gasteiger partial charge in [-0.2, -0.15) is 0 Å². The van der Waals surface area contributed by atoms with Crippen LogP contribution in [0.5, 0.6) is 17.2 Å². The van der Waals surface area contributed by atoms with Crippen LogP contribution in [0.3, 0.4) is 0 Å². The average molecular weight is 385 g/mol. The first-order chi connectivity index (χ1) is 13.5. The number of rotatable bonds is 6. The minimum absolute atomic E-state index is 0.0746. The van der Waals surface area contributed by atoms with Crippen LogP contribution in [0.2, 0.25) is 0 Å². The quantitative estimate of drug-likeness (QED) is 0.712. The molecule has 148 valence electrons. The van der Waals surface area contributed by atoms with Gasteiger partial charge in [0.05, 0.1) is 32.9 Å². The van der Waals surface area contributed by atoms with Gasteiger partial charge in [-0.05, 0) is 42.3 Å². The molecule has 2 aromatic carbocycles. The molecule has 0 aliphatic carbocycles. The Bertz CT molecular complexity index is 879. The highest BCUT2D eigenvalue weighted by molar-refractivity contribution is 5.99. The van der Waals surface area contributed by atoms with Crippen LogP contribution in [0.4, 0.5) is 5.69 Å². The molecule has 7 nitrogen and oxygen atoms in total. The zero-order valence-corrected chi connectivity index (χ0v) is 16.2. The molecule has 0 fully saturated rings. The number of benzene rings is 2. The van der Waals surface area contributed by atoms with Gasteiger partial charge in [-0.15, -0.1) is 0 Å². The van der Waals surface area contributed by atoms with Crippen molar-refractivity contribution in [3.05, 3.63) is 47.5 Å². The van der Waals surface area contributed by atoms with Crippen molar-refractivity contribution in [1.29, 1.82) is 0 Å². The van der Waals surface area contributed by atoms with E-state index < -0.39 is 5.97 Å². The van der Waals surface area contributed by atoms with Gasteiger partial charge in [-0.25, -0.2) is 0 Å². The van der Waals surface area contributed by atoms with Crippen LogP contribution in [0, 0.1) is 6.92 Å². The molecule has 0 saturated carbocycles. The van der Waals surface area contributed by atoms with E-state index in [9.17, 15) is 9.59 Å². The highest BCUT2D eigenvalue weighted by Crippen LogP contribution is 2.32. The van der Waals surface area contributed by atoms with Gasteiger partial charge in [-0.1, -0.05) is 12.1 Å². The Kier molecular flexibility index (Phi) is 6.03. The summed E-state index contributed by atoms with van der Waals surface area (Å²) in [7, 11) is 3.12. The first-order valence-corrected chi connectivity index (χ1v) is 8.92. The fraction of sp³-hybridized carbons (Fsp3) is 0.333. The van der Waals surface area contributed by atoms with Crippen LogP contribution in [0.25, 0.3) is 0 Å². The highest BCUT2D eigenvalue weighted by Gasteiger charge is 2.25. The molecule has 7 heteroatoms. The van der Waals surface area contributed by atoms with Crippen molar-refractivity contribution in [2.24, 2.45) is 0 Å². The summed E-state index contributed by atoms with van der Waals surface area (Å²) < 4.78 is 21.6. The molecule has 1 aliphatic heterocycles. The Morgan fingerprint density at radius 3 is 2.61 bits per heavy atom. The SMILES string of the molecule is COc1cc(C)c(COC(=O)CN2C(=O)CCOc3ccccc32)cc1OC. The second-order valence-corrected chi connectivity index (χ2v) is 6.34. The molecule has 3 rings (SSSR count). The average Bonchev–Trinajstić information content (AvgIpc) is 2.85. The summed E-state index contributed by atoms with van der Waals surface area (Å²) in [5.41, 5.74) is 2.29. The summed E-state index contributed by atoms with van der Waals surface area (Å²) in [5, 5.41) is 0. The molecule has 0 radical (unpaired) electrons. The molecule has 0 aromatic heterocycles. The van der Waals surface area contributed by atoms with Crippen molar-refractivity contribution >= 4 is 17.6 Å². The number of ether oxygens (including phenoxy) is 4. The third kappa shape index (κ3) is 4.19. The van der Waals surface area contributed by atoms with Crippen LogP contribution in [0.1, 0.15) is 17.5 Å². The maximum absolute atomic E-state index is 12.4. The molecule has 0 N–H and O–H groups in total. The Labute approximate surface area is 163 Å². The first-order valence-electron chi connectivity index (χ1n) is 8.92. The molecule has 0 saturated heterocycles. The van der Waals surface area contributed by atoms with E-state index in [1.54, 1.807) is 38.5 Å². The molecule has 0 spiro atoms. The molecule has 1 amide bonds. The van der Waals surface area contributed by atoms with Gasteiger partial charge in [0.2, 0.25) is 5.91 Å². The number of carbonyl (C=O) groups excluding carboxylic acids is 2. The normalized spacial score (nSPS) is 13.2. The Balaban J connectivity index is 1.70. The van der Waals surface area contributed by atoms with Crippen molar-refractivity contribution in [2.75, 3.05) is 32.3 Å². The second-order valence-electron chi connectivity index (χ2n) is 6.34. The van der Waals surface area contributed by atoms with Gasteiger partial charge in [0.25, 0.3) is 0 Å². The predicted molar refractivity (Wildman–Crippen MR) is 103 cm³/mol. The first kappa shape index (κ1) is 19.5. The molecular formula is C21H23NO6. The topological polar surface area (TPSA) is 74.3 Å². The summed E-state index contributed by atoms with van der Waals surface area (Å²) >= 11 is 0. The zero-order valence-electron chi connectivity index (χ0n) is 16.2. The summed E-state index contributed by atoms with van der Waals surface area (Å²) in [6.07, 6.45) is 0.205. The lowest BCUT2D eigenvalue weighted by Crippen LogP contribution is -2.36. The van der Waals surface area contributed by atoms with Crippen molar-refractivity contribution in [2.45, 2.75) is 20.0 Å². The van der Waals surface area contributed by atoms with E-state index in [4.69, 9.17) is 18.9 Å². The number of esters is 1. The minimum atomic E-state index is -0.501. The molecule has 0 atom stereocenters. The predicted octanol–water partition coefficient (Wildman–Crippen LogP) is 2.87. The monoisotopic (exact) mass is 385 g/mol. The van der Waals surface area contributed by atoms with Crippen molar-refractivity contribution in [1.82, 2.24) is 0 Å². The number of methoxy groups -OCH3 is 2. The van der Waals surface area contributed by atoms with E-state index in [0.29, 0.717) is 22.9 Å². The molecule has 1 heterocycles. The van der Waals surface area contributed by atoms with E-state index >= 15 is 0 Å². The van der Waals surface area contributed by atoms with E-state index in [2.05, 4.69) is 0 Å². The molecule has 2 aromatic rings. The number of para-hydroxylation sites is 2. The maximum atomic E-state index is 12.4. The van der Waals surface area contributed by atoms with E-state index in [-0.39, 0.29) is 32.1 Å². The van der Waals surface area contributed by atoms with Crippen LogP contribution in [-0.2, 0) is 20.9 Å². The number of amides is 1. The fourth-order valence-corrected chi connectivity index (χ4v) is 3.00. The Hall–Kier alpha value is -3.22. The summed E-state index contributed by atoms with van der Waals surface area (Å²) in [5.74, 6) is 1.08. The molecule has 0 unspecified atom stereocenters. The maximum Gasteiger partial charge on any atom is 0.326 e. The fourth-order valence-electron chi connectivity index (χ4n) is 3.00. The Morgan fingerprint density at radius 2 is 1.86 bits per heavy atom. The van der Waals surface area contributed by atoms with Crippen LogP contribution in [-0.4, -0.2) is 39.2 Å². The smallest absolute Gasteiger partial charge is 0.326 e. The molecule has 0 bridgehead atoms. The number of anilines is 1.